The van der Waals surface area contributed by atoms with Gasteiger partial charge in [0.25, 0.3) is 5.89 Å². The first-order valence-electron chi connectivity index (χ1n) is 7.38. The Balaban J connectivity index is 1.94. The van der Waals surface area contributed by atoms with E-state index in [-0.39, 0.29) is 6.10 Å². The molecular formula is C14H25N3O2. The monoisotopic (exact) mass is 267 g/mol. The molecule has 1 aliphatic carbocycles. The van der Waals surface area contributed by atoms with E-state index < -0.39 is 0 Å². The lowest BCUT2D eigenvalue weighted by atomic mass is 10.2. The fraction of sp³-hybridized carbons (Fsp3) is 0.857. The van der Waals surface area contributed by atoms with Crippen LogP contribution in [0.25, 0.3) is 0 Å². The minimum atomic E-state index is -0.0470. The summed E-state index contributed by atoms with van der Waals surface area (Å²) in [6.45, 7) is 4.20. The Kier molecular flexibility index (Phi) is 5.34. The van der Waals surface area contributed by atoms with Crippen molar-refractivity contribution in [3.63, 3.8) is 0 Å². The first kappa shape index (κ1) is 14.5. The molecular weight excluding hydrogens is 242 g/mol. The van der Waals surface area contributed by atoms with Gasteiger partial charge >= 0.3 is 0 Å². The molecule has 5 nitrogen and oxygen atoms in total. The van der Waals surface area contributed by atoms with Gasteiger partial charge in [-0.1, -0.05) is 24.9 Å². The third-order valence-corrected chi connectivity index (χ3v) is 3.77. The van der Waals surface area contributed by atoms with E-state index in [0.29, 0.717) is 18.0 Å². The number of aromatic nitrogens is 2. The topological polar surface area (TPSA) is 60.2 Å². The Morgan fingerprint density at radius 1 is 1.42 bits per heavy atom. The Labute approximate surface area is 115 Å². The maximum Gasteiger partial charge on any atom is 0.255 e. The van der Waals surface area contributed by atoms with E-state index in [1.807, 2.05) is 7.05 Å². The van der Waals surface area contributed by atoms with Crippen LogP contribution in [0, 0.1) is 0 Å². The average molecular weight is 267 g/mol. The fourth-order valence-corrected chi connectivity index (χ4v) is 2.44. The highest BCUT2D eigenvalue weighted by Crippen LogP contribution is 2.28. The zero-order valence-electron chi connectivity index (χ0n) is 12.2. The third kappa shape index (κ3) is 4.01. The van der Waals surface area contributed by atoms with Crippen LogP contribution in [-0.2, 0) is 11.2 Å². The predicted octanol–water partition coefficient (Wildman–Crippen LogP) is 2.63. The zero-order valence-corrected chi connectivity index (χ0v) is 12.2. The zero-order chi connectivity index (χ0) is 13.7. The molecule has 19 heavy (non-hydrogen) atoms. The smallest absolute Gasteiger partial charge is 0.255 e. The second-order valence-electron chi connectivity index (χ2n) is 5.38. The summed E-state index contributed by atoms with van der Waals surface area (Å²) in [4.78, 5) is 4.47. The van der Waals surface area contributed by atoms with Crippen LogP contribution in [0.4, 0.5) is 0 Å². The summed E-state index contributed by atoms with van der Waals surface area (Å²) in [5.74, 6) is 1.39. The summed E-state index contributed by atoms with van der Waals surface area (Å²) in [6.07, 6.45) is 6.85. The van der Waals surface area contributed by atoms with E-state index in [4.69, 9.17) is 9.26 Å². The normalized spacial score (nSPS) is 19.7. The molecule has 1 fully saturated rings. The van der Waals surface area contributed by atoms with Gasteiger partial charge in [-0.25, -0.2) is 0 Å². The molecule has 1 aromatic rings. The molecule has 108 valence electrons. The maximum absolute atomic E-state index is 6.08. The van der Waals surface area contributed by atoms with E-state index >= 15 is 0 Å². The molecule has 0 saturated heterocycles. The van der Waals surface area contributed by atoms with Crippen molar-refractivity contribution in [1.29, 1.82) is 0 Å². The van der Waals surface area contributed by atoms with Crippen LogP contribution in [0.5, 0.6) is 0 Å². The first-order valence-corrected chi connectivity index (χ1v) is 7.38. The van der Waals surface area contributed by atoms with Gasteiger partial charge in [-0.15, -0.1) is 0 Å². The van der Waals surface area contributed by atoms with E-state index in [2.05, 4.69) is 29.3 Å². The third-order valence-electron chi connectivity index (χ3n) is 3.77. The van der Waals surface area contributed by atoms with Crippen LogP contribution in [0.1, 0.15) is 63.8 Å². The molecule has 1 aromatic heterocycles. The molecule has 1 aliphatic rings. The standard InChI is InChI=1S/C14H25N3O2/c1-4-12(18-11-7-5-6-8-11)14-16-13(17-19-14)9-10(2)15-3/h10-12,15H,4-9H2,1-3H3. The highest BCUT2D eigenvalue weighted by molar-refractivity contribution is 4.92. The summed E-state index contributed by atoms with van der Waals surface area (Å²) in [7, 11) is 1.93. The van der Waals surface area contributed by atoms with Crippen LogP contribution in [-0.4, -0.2) is 29.3 Å². The lowest BCUT2D eigenvalue weighted by Gasteiger charge is -2.17. The van der Waals surface area contributed by atoms with E-state index in [9.17, 15) is 0 Å². The van der Waals surface area contributed by atoms with E-state index in [1.165, 1.54) is 12.8 Å². The molecule has 2 rings (SSSR count). The molecule has 1 heterocycles. The Bertz CT molecular complexity index is 375. The van der Waals surface area contributed by atoms with Crippen LogP contribution in [0.15, 0.2) is 4.52 Å². The van der Waals surface area contributed by atoms with Gasteiger partial charge in [0.05, 0.1) is 6.10 Å². The van der Waals surface area contributed by atoms with Gasteiger partial charge < -0.3 is 14.6 Å². The van der Waals surface area contributed by atoms with Crippen molar-refractivity contribution in [3.05, 3.63) is 11.7 Å². The second-order valence-corrected chi connectivity index (χ2v) is 5.38. The van der Waals surface area contributed by atoms with Gasteiger partial charge in [-0.2, -0.15) is 4.98 Å². The van der Waals surface area contributed by atoms with Crippen LogP contribution in [0.3, 0.4) is 0 Å². The predicted molar refractivity (Wildman–Crippen MR) is 72.9 cm³/mol. The van der Waals surface area contributed by atoms with Gasteiger partial charge in [-0.05, 0) is 33.2 Å². The molecule has 2 atom stereocenters. The lowest BCUT2D eigenvalue weighted by molar-refractivity contribution is -0.0275. The number of likely N-dealkylation sites (N-methyl/N-ethyl adjacent to an activating group) is 1. The summed E-state index contributed by atoms with van der Waals surface area (Å²) in [5.41, 5.74) is 0. The largest absolute Gasteiger partial charge is 0.365 e. The SMILES string of the molecule is CCC(OC1CCCC1)c1nc(CC(C)NC)no1. The van der Waals surface area contributed by atoms with Crippen molar-refractivity contribution in [2.45, 2.75) is 70.6 Å². The molecule has 0 aromatic carbocycles. The molecule has 0 amide bonds. The van der Waals surface area contributed by atoms with Crippen molar-refractivity contribution in [2.24, 2.45) is 0 Å². The molecule has 0 bridgehead atoms. The summed E-state index contributed by atoms with van der Waals surface area (Å²) < 4.78 is 11.4. The minimum Gasteiger partial charge on any atom is -0.365 e. The summed E-state index contributed by atoms with van der Waals surface area (Å²) >= 11 is 0. The molecule has 0 aliphatic heterocycles. The number of hydrogen-bond acceptors (Lipinski definition) is 5. The van der Waals surface area contributed by atoms with Gasteiger partial charge in [0.2, 0.25) is 0 Å². The lowest BCUT2D eigenvalue weighted by Crippen LogP contribution is -2.24. The van der Waals surface area contributed by atoms with Crippen molar-refractivity contribution in [1.82, 2.24) is 15.5 Å². The number of hydrogen-bond donors (Lipinski definition) is 1. The Morgan fingerprint density at radius 3 is 2.79 bits per heavy atom. The van der Waals surface area contributed by atoms with E-state index in [0.717, 1.165) is 31.5 Å². The van der Waals surface area contributed by atoms with Gasteiger partial charge in [0.1, 0.15) is 6.10 Å². The van der Waals surface area contributed by atoms with Crippen molar-refractivity contribution >= 4 is 0 Å². The molecule has 2 unspecified atom stereocenters. The fourth-order valence-electron chi connectivity index (χ4n) is 2.44. The summed E-state index contributed by atoms with van der Waals surface area (Å²) in [6, 6.07) is 0.348. The molecule has 5 heteroatoms. The van der Waals surface area contributed by atoms with Gasteiger partial charge in [-0.3, -0.25) is 0 Å². The minimum absolute atomic E-state index is 0.0470. The van der Waals surface area contributed by atoms with Gasteiger partial charge in [0.15, 0.2) is 5.82 Å². The average Bonchev–Trinajstić information content (AvgIpc) is 3.07. The van der Waals surface area contributed by atoms with Crippen molar-refractivity contribution in [2.75, 3.05) is 7.05 Å². The number of nitrogens with one attached hydrogen (secondary N) is 1. The highest BCUT2D eigenvalue weighted by atomic mass is 16.5. The van der Waals surface area contributed by atoms with Crippen LogP contribution >= 0.6 is 0 Å². The summed E-state index contributed by atoms with van der Waals surface area (Å²) in [5, 5.41) is 7.21. The molecule has 0 radical (unpaired) electrons. The van der Waals surface area contributed by atoms with Crippen LogP contribution in [0.2, 0.25) is 0 Å². The van der Waals surface area contributed by atoms with Gasteiger partial charge in [0, 0.05) is 12.5 Å². The van der Waals surface area contributed by atoms with E-state index in [1.54, 1.807) is 0 Å². The Hall–Kier alpha value is -0.940. The molecule has 1 saturated carbocycles. The maximum atomic E-state index is 6.08. The highest BCUT2D eigenvalue weighted by Gasteiger charge is 2.24. The van der Waals surface area contributed by atoms with Crippen LogP contribution < -0.4 is 5.32 Å². The first-order chi connectivity index (χ1) is 9.22. The molecule has 0 spiro atoms. The van der Waals surface area contributed by atoms with Crippen molar-refractivity contribution in [3.8, 4) is 0 Å². The van der Waals surface area contributed by atoms with Crippen molar-refractivity contribution < 1.29 is 9.26 Å². The molecule has 1 N–H and O–H groups in total. The number of ether oxygens (including phenoxy) is 1. The number of nitrogens with zero attached hydrogens (tertiary/aromatic N) is 2. The number of rotatable bonds is 7. The Morgan fingerprint density at radius 2 is 2.16 bits per heavy atom. The second kappa shape index (κ2) is 7.01. The quantitative estimate of drug-likeness (QED) is 0.823.